The van der Waals surface area contributed by atoms with Crippen LogP contribution in [0.15, 0.2) is 24.4 Å². The van der Waals surface area contributed by atoms with Gasteiger partial charge in [0.15, 0.2) is 11.5 Å². The fourth-order valence-electron chi connectivity index (χ4n) is 4.34. The van der Waals surface area contributed by atoms with Gasteiger partial charge in [-0.05, 0) is 32.2 Å². The zero-order chi connectivity index (χ0) is 23.3. The Balaban J connectivity index is 1.56. The van der Waals surface area contributed by atoms with Crippen molar-refractivity contribution >= 4 is 28.4 Å². The number of hydrogen-bond acceptors (Lipinski definition) is 7. The Hall–Kier alpha value is -3.41. The van der Waals surface area contributed by atoms with Gasteiger partial charge >= 0.3 is 0 Å². The molecular weight excluding hydrogens is 435 g/mol. The largest absolute Gasteiger partial charge is 0.371 e. The van der Waals surface area contributed by atoms with Crippen LogP contribution < -0.4 is 10.6 Å². The molecule has 9 nitrogen and oxygen atoms in total. The summed E-state index contributed by atoms with van der Waals surface area (Å²) in [5.74, 6) is 1.33. The maximum atomic E-state index is 14.2. The molecule has 1 aliphatic rings. The van der Waals surface area contributed by atoms with E-state index in [4.69, 9.17) is 0 Å². The van der Waals surface area contributed by atoms with Crippen LogP contribution in [-0.2, 0) is 6.54 Å². The van der Waals surface area contributed by atoms with Crippen LogP contribution in [-0.4, -0.2) is 79.9 Å². The molecule has 5 rings (SSSR count). The van der Waals surface area contributed by atoms with Crippen molar-refractivity contribution in [3.8, 4) is 11.3 Å². The number of fused-ring (bicyclic) bond motifs is 2. The third kappa shape index (κ3) is 3.84. The Morgan fingerprint density at radius 1 is 1.15 bits per heavy atom. The number of likely N-dealkylation sites (tertiary alicyclic amines) is 1. The normalized spacial score (nSPS) is 19.2. The minimum atomic E-state index is -2.51. The number of aromatic nitrogens is 6. The van der Waals surface area contributed by atoms with Gasteiger partial charge < -0.3 is 20.1 Å². The van der Waals surface area contributed by atoms with Crippen LogP contribution in [0.2, 0.25) is 0 Å². The van der Waals surface area contributed by atoms with Crippen molar-refractivity contribution in [2.75, 3.05) is 37.8 Å². The van der Waals surface area contributed by atoms with Crippen molar-refractivity contribution in [1.82, 2.24) is 34.0 Å². The fraction of sp³-hybridized carbons (Fsp3) is 0.429. The number of nitrogens with zero attached hydrogens (tertiary/aromatic N) is 7. The predicted octanol–water partition coefficient (Wildman–Crippen LogP) is 2.82. The van der Waals surface area contributed by atoms with Gasteiger partial charge in [-0.2, -0.15) is 4.98 Å². The molecule has 0 radical (unpaired) electrons. The third-order valence-electron chi connectivity index (χ3n) is 5.87. The predicted molar refractivity (Wildman–Crippen MR) is 120 cm³/mol. The van der Waals surface area contributed by atoms with E-state index in [0.717, 1.165) is 5.56 Å². The summed E-state index contributed by atoms with van der Waals surface area (Å²) in [6.45, 7) is 2.14. The molecule has 1 saturated heterocycles. The van der Waals surface area contributed by atoms with E-state index in [0.29, 0.717) is 53.1 Å². The molecule has 0 aromatic carbocycles. The fourth-order valence-corrected chi connectivity index (χ4v) is 4.34. The molecule has 0 spiro atoms. The van der Waals surface area contributed by atoms with E-state index in [2.05, 4.69) is 30.7 Å². The number of imidazole rings is 1. The van der Waals surface area contributed by atoms with Crippen molar-refractivity contribution < 1.29 is 13.2 Å². The lowest BCUT2D eigenvalue weighted by molar-refractivity contribution is 0.127. The summed E-state index contributed by atoms with van der Waals surface area (Å²) >= 11 is 0. The first-order valence-electron chi connectivity index (χ1n) is 10.6. The summed E-state index contributed by atoms with van der Waals surface area (Å²) < 4.78 is 43.5. The van der Waals surface area contributed by atoms with Crippen molar-refractivity contribution in [3.63, 3.8) is 0 Å². The minimum absolute atomic E-state index is 0.311. The molecule has 0 bridgehead atoms. The maximum absolute atomic E-state index is 14.2. The molecule has 0 amide bonds. The van der Waals surface area contributed by atoms with E-state index in [1.54, 1.807) is 36.8 Å². The minimum Gasteiger partial charge on any atom is -0.371 e. The summed E-state index contributed by atoms with van der Waals surface area (Å²) in [5, 5.41) is 10.7. The van der Waals surface area contributed by atoms with Crippen molar-refractivity contribution in [2.45, 2.75) is 32.1 Å². The summed E-state index contributed by atoms with van der Waals surface area (Å²) in [4.78, 5) is 15.4. The smallest absolute Gasteiger partial charge is 0.256 e. The number of hydrogen-bond donors (Lipinski definition) is 2. The number of anilines is 2. The van der Waals surface area contributed by atoms with E-state index in [1.165, 1.54) is 4.57 Å². The number of alkyl halides is 3. The summed E-state index contributed by atoms with van der Waals surface area (Å²) in [7, 11) is 3.61. The first-order chi connectivity index (χ1) is 15.8. The Labute approximate surface area is 187 Å². The van der Waals surface area contributed by atoms with E-state index < -0.39 is 25.2 Å². The molecule has 2 atom stereocenters. The van der Waals surface area contributed by atoms with Crippen molar-refractivity contribution in [2.24, 2.45) is 0 Å². The van der Waals surface area contributed by atoms with Gasteiger partial charge in [0.2, 0.25) is 5.95 Å². The molecular formula is C21H24F3N9. The highest BCUT2D eigenvalue weighted by atomic mass is 19.3. The van der Waals surface area contributed by atoms with E-state index in [9.17, 15) is 13.2 Å². The maximum Gasteiger partial charge on any atom is 0.256 e. The molecule has 12 heteroatoms. The van der Waals surface area contributed by atoms with Gasteiger partial charge in [0.25, 0.3) is 6.43 Å². The molecule has 0 unspecified atom stereocenters. The van der Waals surface area contributed by atoms with Crippen LogP contribution in [0.25, 0.3) is 27.9 Å². The van der Waals surface area contributed by atoms with Gasteiger partial charge in [-0.15, -0.1) is 5.10 Å². The highest BCUT2D eigenvalue weighted by Crippen LogP contribution is 2.31. The van der Waals surface area contributed by atoms with Gasteiger partial charge in [-0.25, -0.2) is 27.7 Å². The lowest BCUT2D eigenvalue weighted by atomic mass is 10.2. The SMILES string of the molecule is CNc1nc(N[C@H]2CN(C)C[C@H]2F)nn2ccc(-c3ccc4nc(C)n(CC(F)F)c4n3)c12. The molecule has 0 saturated carbocycles. The molecule has 4 aromatic heterocycles. The van der Waals surface area contributed by atoms with Gasteiger partial charge in [-0.3, -0.25) is 0 Å². The Morgan fingerprint density at radius 2 is 1.97 bits per heavy atom. The zero-order valence-electron chi connectivity index (χ0n) is 18.4. The quantitative estimate of drug-likeness (QED) is 0.458. The second-order valence-corrected chi connectivity index (χ2v) is 8.24. The molecule has 0 aliphatic carbocycles. The van der Waals surface area contributed by atoms with Crippen LogP contribution >= 0.6 is 0 Å². The molecule has 33 heavy (non-hydrogen) atoms. The molecule has 1 fully saturated rings. The summed E-state index contributed by atoms with van der Waals surface area (Å²) in [5.41, 5.74) is 2.95. The number of halogens is 3. The van der Waals surface area contributed by atoms with E-state index in [1.807, 2.05) is 18.0 Å². The second-order valence-electron chi connectivity index (χ2n) is 8.24. The molecule has 1 aliphatic heterocycles. The number of likely N-dealkylation sites (N-methyl/N-ethyl adjacent to an activating group) is 1. The van der Waals surface area contributed by atoms with Crippen LogP contribution in [0.4, 0.5) is 24.9 Å². The molecule has 2 N–H and O–H groups in total. The number of aryl methyl sites for hydroxylation is 1. The monoisotopic (exact) mass is 459 g/mol. The number of pyridine rings is 1. The first kappa shape index (κ1) is 21.4. The standard InChI is InChI=1S/C21H24F3N9/c1-11-26-15-5-4-14(27-20(15)32(11)10-17(23)24)12-6-7-33-18(12)19(25-2)29-21(30-33)28-16-9-31(3)8-13(16)22/h4-7,13,16-17H,8-10H2,1-3H3,(H2,25,28,29,30)/t13-,16+/m1/s1. The first-order valence-corrected chi connectivity index (χ1v) is 10.6. The Morgan fingerprint density at radius 3 is 2.67 bits per heavy atom. The van der Waals surface area contributed by atoms with Crippen LogP contribution in [0, 0.1) is 6.92 Å². The van der Waals surface area contributed by atoms with E-state index in [-0.39, 0.29) is 0 Å². The van der Waals surface area contributed by atoms with Gasteiger partial charge in [0, 0.05) is 31.9 Å². The summed E-state index contributed by atoms with van der Waals surface area (Å²) in [6, 6.07) is 5.01. The number of rotatable bonds is 6. The Bertz CT molecular complexity index is 1320. The molecule has 4 aromatic rings. The zero-order valence-corrected chi connectivity index (χ0v) is 18.4. The average Bonchev–Trinajstić information content (AvgIpc) is 3.42. The van der Waals surface area contributed by atoms with Gasteiger partial charge in [0.1, 0.15) is 23.0 Å². The van der Waals surface area contributed by atoms with E-state index >= 15 is 0 Å². The number of nitrogens with one attached hydrogen (secondary N) is 2. The van der Waals surface area contributed by atoms with Crippen LogP contribution in [0.3, 0.4) is 0 Å². The van der Waals surface area contributed by atoms with Crippen molar-refractivity contribution in [3.05, 3.63) is 30.2 Å². The van der Waals surface area contributed by atoms with Crippen LogP contribution in [0.1, 0.15) is 5.82 Å². The summed E-state index contributed by atoms with van der Waals surface area (Å²) in [6.07, 6.45) is -1.76. The Kier molecular flexibility index (Phi) is 5.31. The van der Waals surface area contributed by atoms with Gasteiger partial charge in [0.05, 0.1) is 18.3 Å². The van der Waals surface area contributed by atoms with Crippen LogP contribution in [0.5, 0.6) is 0 Å². The highest BCUT2D eigenvalue weighted by molar-refractivity contribution is 5.89. The lowest BCUT2D eigenvalue weighted by Crippen LogP contribution is -2.30. The lowest BCUT2D eigenvalue weighted by Gasteiger charge is -2.15. The molecule has 5 heterocycles. The highest BCUT2D eigenvalue weighted by Gasteiger charge is 2.31. The third-order valence-corrected chi connectivity index (χ3v) is 5.87. The second kappa shape index (κ2) is 8.18. The van der Waals surface area contributed by atoms with Gasteiger partial charge in [-0.1, -0.05) is 0 Å². The average molecular weight is 459 g/mol. The molecule has 174 valence electrons. The van der Waals surface area contributed by atoms with Crippen molar-refractivity contribution in [1.29, 1.82) is 0 Å². The topological polar surface area (TPSA) is 88.2 Å².